The van der Waals surface area contributed by atoms with Gasteiger partial charge in [0.05, 0.1) is 18.9 Å². The van der Waals surface area contributed by atoms with Gasteiger partial charge in [-0.25, -0.2) is 17.1 Å². The van der Waals surface area contributed by atoms with Crippen LogP contribution in [0.15, 0.2) is 48.5 Å². The average Bonchev–Trinajstić information content (AvgIpc) is 2.75. The van der Waals surface area contributed by atoms with E-state index in [-0.39, 0.29) is 42.3 Å². The summed E-state index contributed by atoms with van der Waals surface area (Å²) < 4.78 is 45.9. The summed E-state index contributed by atoms with van der Waals surface area (Å²) in [6.07, 6.45) is 0.863. The number of amides is 1. The van der Waals surface area contributed by atoms with Crippen molar-refractivity contribution in [3.63, 3.8) is 0 Å². The van der Waals surface area contributed by atoms with Gasteiger partial charge in [-0.2, -0.15) is 0 Å². The molecule has 1 aliphatic heterocycles. The topological polar surface area (TPSA) is 75.7 Å². The van der Waals surface area contributed by atoms with Gasteiger partial charge in [-0.15, -0.1) is 0 Å². The minimum Gasteiger partial charge on any atom is -0.496 e. The maximum atomic E-state index is 13.8. The third kappa shape index (κ3) is 5.17. The van der Waals surface area contributed by atoms with Crippen LogP contribution in [0, 0.1) is 11.7 Å². The van der Waals surface area contributed by atoms with Gasteiger partial charge < -0.3 is 10.1 Å². The van der Waals surface area contributed by atoms with Crippen molar-refractivity contribution in [3.05, 3.63) is 65.5 Å². The number of para-hydroxylation sites is 1. The van der Waals surface area contributed by atoms with E-state index in [1.165, 1.54) is 22.5 Å². The van der Waals surface area contributed by atoms with Gasteiger partial charge in [-0.1, -0.05) is 36.4 Å². The first kappa shape index (κ1) is 22.2. The van der Waals surface area contributed by atoms with Crippen LogP contribution in [0.1, 0.15) is 36.9 Å². The Morgan fingerprint density at radius 2 is 1.80 bits per heavy atom. The molecule has 30 heavy (non-hydrogen) atoms. The molecule has 1 amide bonds. The molecule has 0 unspecified atom stereocenters. The number of halogens is 1. The van der Waals surface area contributed by atoms with Crippen molar-refractivity contribution in [3.8, 4) is 5.75 Å². The number of nitrogens with zero attached hydrogens (tertiary/aromatic N) is 1. The van der Waals surface area contributed by atoms with Gasteiger partial charge in [-0.05, 0) is 31.9 Å². The van der Waals surface area contributed by atoms with Gasteiger partial charge in [0.1, 0.15) is 11.6 Å². The van der Waals surface area contributed by atoms with Crippen LogP contribution in [0.5, 0.6) is 5.75 Å². The zero-order chi connectivity index (χ0) is 21.7. The number of hydrogen-bond acceptors (Lipinski definition) is 4. The van der Waals surface area contributed by atoms with Crippen molar-refractivity contribution < 1.29 is 22.3 Å². The van der Waals surface area contributed by atoms with Gasteiger partial charge in [0, 0.05) is 30.1 Å². The smallest absolute Gasteiger partial charge is 0.223 e. The highest BCUT2D eigenvalue weighted by molar-refractivity contribution is 7.88. The second kappa shape index (κ2) is 9.57. The Kier molecular flexibility index (Phi) is 7.10. The molecule has 1 fully saturated rings. The molecule has 0 aliphatic carbocycles. The Hall–Kier alpha value is -2.45. The monoisotopic (exact) mass is 434 g/mol. The number of carbonyl (C=O) groups excluding carboxylic acids is 1. The van der Waals surface area contributed by atoms with E-state index < -0.39 is 15.8 Å². The fourth-order valence-corrected chi connectivity index (χ4v) is 5.31. The predicted octanol–water partition coefficient (Wildman–Crippen LogP) is 3.25. The minimum absolute atomic E-state index is 0.0976. The van der Waals surface area contributed by atoms with Crippen LogP contribution in [-0.2, 0) is 20.6 Å². The van der Waals surface area contributed by atoms with E-state index in [0.717, 1.165) is 5.56 Å². The number of piperidine rings is 1. The van der Waals surface area contributed by atoms with Crippen molar-refractivity contribution in [1.82, 2.24) is 9.62 Å². The van der Waals surface area contributed by atoms with Crippen molar-refractivity contribution in [2.24, 2.45) is 5.92 Å². The highest BCUT2D eigenvalue weighted by Crippen LogP contribution is 2.27. The van der Waals surface area contributed by atoms with E-state index in [2.05, 4.69) is 5.32 Å². The molecule has 0 spiro atoms. The second-order valence-corrected chi connectivity index (χ2v) is 9.46. The number of benzene rings is 2. The summed E-state index contributed by atoms with van der Waals surface area (Å²) in [7, 11) is -2.05. The number of nitrogens with one attached hydrogen (secondary N) is 1. The van der Waals surface area contributed by atoms with E-state index in [9.17, 15) is 17.6 Å². The van der Waals surface area contributed by atoms with Crippen LogP contribution in [0.2, 0.25) is 0 Å². The molecule has 6 nitrogen and oxygen atoms in total. The number of rotatable bonds is 7. The maximum absolute atomic E-state index is 13.8. The molecule has 1 atom stereocenters. The van der Waals surface area contributed by atoms with Crippen LogP contribution in [0.3, 0.4) is 0 Å². The number of sulfonamides is 1. The number of ether oxygens (including phenoxy) is 1. The normalized spacial score (nSPS) is 16.8. The van der Waals surface area contributed by atoms with E-state index >= 15 is 0 Å². The zero-order valence-corrected chi connectivity index (χ0v) is 18.0. The van der Waals surface area contributed by atoms with Crippen molar-refractivity contribution in [2.45, 2.75) is 31.6 Å². The fraction of sp³-hybridized carbons (Fsp3) is 0.409. The summed E-state index contributed by atoms with van der Waals surface area (Å²) in [6, 6.07) is 13.2. The summed E-state index contributed by atoms with van der Waals surface area (Å²) in [4.78, 5) is 12.7. The molecule has 0 saturated carbocycles. The molecule has 1 heterocycles. The summed E-state index contributed by atoms with van der Waals surface area (Å²) in [5, 5.41) is 3.00. The molecule has 1 N–H and O–H groups in total. The minimum atomic E-state index is -3.64. The van der Waals surface area contributed by atoms with Crippen LogP contribution in [0.25, 0.3) is 0 Å². The van der Waals surface area contributed by atoms with E-state index in [4.69, 9.17) is 4.74 Å². The molecular weight excluding hydrogens is 407 g/mol. The highest BCUT2D eigenvalue weighted by atomic mass is 32.2. The summed E-state index contributed by atoms with van der Waals surface area (Å²) in [5.74, 6) is -0.553. The fourth-order valence-electron chi connectivity index (χ4n) is 3.73. The SMILES string of the molecule is COc1ccccc1[C@H](C)NC(=O)C1CCN(S(=O)(=O)Cc2ccccc2F)CC1. The number of hydrogen-bond donors (Lipinski definition) is 1. The second-order valence-electron chi connectivity index (χ2n) is 7.49. The van der Waals surface area contributed by atoms with Crippen molar-refractivity contribution >= 4 is 15.9 Å². The molecule has 1 aliphatic rings. The lowest BCUT2D eigenvalue weighted by atomic mass is 9.96. The third-order valence-electron chi connectivity index (χ3n) is 5.48. The predicted molar refractivity (Wildman–Crippen MR) is 113 cm³/mol. The Morgan fingerprint density at radius 1 is 1.17 bits per heavy atom. The van der Waals surface area contributed by atoms with Crippen LogP contribution < -0.4 is 10.1 Å². The summed E-state index contributed by atoms with van der Waals surface area (Å²) in [6.45, 7) is 2.39. The van der Waals surface area contributed by atoms with Gasteiger partial charge in [0.2, 0.25) is 15.9 Å². The Balaban J connectivity index is 1.57. The molecule has 3 rings (SSSR count). The summed E-state index contributed by atoms with van der Waals surface area (Å²) in [5.41, 5.74) is 1.04. The summed E-state index contributed by atoms with van der Waals surface area (Å²) >= 11 is 0. The Morgan fingerprint density at radius 3 is 2.47 bits per heavy atom. The van der Waals surface area contributed by atoms with Crippen LogP contribution in [-0.4, -0.2) is 38.8 Å². The van der Waals surface area contributed by atoms with Crippen molar-refractivity contribution in [1.29, 1.82) is 0 Å². The van der Waals surface area contributed by atoms with Gasteiger partial charge in [0.15, 0.2) is 0 Å². The standard InChI is InChI=1S/C22H27FN2O4S/c1-16(19-8-4-6-10-21(19)29-2)24-22(26)17-11-13-25(14-12-17)30(27,28)15-18-7-3-5-9-20(18)23/h3-10,16-17H,11-15H2,1-2H3,(H,24,26)/t16-/m0/s1. The third-order valence-corrected chi connectivity index (χ3v) is 7.31. The lowest BCUT2D eigenvalue weighted by molar-refractivity contribution is -0.126. The van der Waals surface area contributed by atoms with E-state index in [1.54, 1.807) is 13.2 Å². The molecular formula is C22H27FN2O4S. The molecule has 0 aromatic heterocycles. The zero-order valence-electron chi connectivity index (χ0n) is 17.2. The molecule has 2 aromatic carbocycles. The first-order chi connectivity index (χ1) is 14.3. The van der Waals surface area contributed by atoms with Gasteiger partial charge >= 0.3 is 0 Å². The largest absolute Gasteiger partial charge is 0.496 e. The Bertz CT molecular complexity index is 988. The molecule has 162 valence electrons. The molecule has 0 radical (unpaired) electrons. The van der Waals surface area contributed by atoms with Crippen LogP contribution in [0.4, 0.5) is 4.39 Å². The lowest BCUT2D eigenvalue weighted by Crippen LogP contribution is -2.43. The van der Waals surface area contributed by atoms with Gasteiger partial charge in [0.25, 0.3) is 0 Å². The van der Waals surface area contributed by atoms with Crippen molar-refractivity contribution in [2.75, 3.05) is 20.2 Å². The van der Waals surface area contributed by atoms with E-state index in [0.29, 0.717) is 18.6 Å². The molecule has 8 heteroatoms. The average molecular weight is 435 g/mol. The number of carbonyl (C=O) groups is 1. The lowest BCUT2D eigenvalue weighted by Gasteiger charge is -2.31. The quantitative estimate of drug-likeness (QED) is 0.726. The number of methoxy groups -OCH3 is 1. The molecule has 2 aromatic rings. The van der Waals surface area contributed by atoms with Crippen LogP contribution >= 0.6 is 0 Å². The van der Waals surface area contributed by atoms with E-state index in [1.807, 2.05) is 31.2 Å². The van der Waals surface area contributed by atoms with Gasteiger partial charge in [-0.3, -0.25) is 4.79 Å². The highest BCUT2D eigenvalue weighted by Gasteiger charge is 2.32. The maximum Gasteiger partial charge on any atom is 0.223 e. The first-order valence-corrected chi connectivity index (χ1v) is 11.6. The Labute approximate surface area is 177 Å². The first-order valence-electron chi connectivity index (χ1n) is 9.96. The molecule has 0 bridgehead atoms. The molecule has 1 saturated heterocycles.